The van der Waals surface area contributed by atoms with Crippen molar-refractivity contribution in [2.75, 3.05) is 0 Å². The number of aryl methyl sites for hydroxylation is 2. The van der Waals surface area contributed by atoms with E-state index in [1.807, 2.05) is 19.9 Å². The van der Waals surface area contributed by atoms with Gasteiger partial charge in [-0.1, -0.05) is 17.2 Å². The molecule has 1 rings (SSSR count). The van der Waals surface area contributed by atoms with Gasteiger partial charge in [0.15, 0.2) is 0 Å². The van der Waals surface area contributed by atoms with Gasteiger partial charge in [0.05, 0.1) is 0 Å². The van der Waals surface area contributed by atoms with Crippen molar-refractivity contribution in [1.29, 1.82) is 0 Å². The van der Waals surface area contributed by atoms with Crippen LogP contribution in [0.2, 0.25) is 0 Å². The van der Waals surface area contributed by atoms with Gasteiger partial charge in [0.2, 0.25) is 5.91 Å². The fraction of sp³-hybridized carbons (Fsp3) is 0.357. The maximum absolute atomic E-state index is 12.0. The Morgan fingerprint density at radius 1 is 1.20 bits per heavy atom. The summed E-state index contributed by atoms with van der Waals surface area (Å²) in [6.07, 6.45) is -0.120. The Morgan fingerprint density at radius 3 is 2.20 bits per heavy atom. The zero-order chi connectivity index (χ0) is 15.3. The minimum atomic E-state index is -1.19. The number of carbonyl (C=O) groups is 3. The first-order valence-corrected chi connectivity index (χ1v) is 6.20. The van der Waals surface area contributed by atoms with E-state index in [0.717, 1.165) is 11.1 Å². The van der Waals surface area contributed by atoms with E-state index in [2.05, 4.69) is 5.32 Å². The van der Waals surface area contributed by atoms with Crippen LogP contribution in [0.15, 0.2) is 18.2 Å². The molecule has 1 atom stereocenters. The molecular formula is C14H18N2O4. The van der Waals surface area contributed by atoms with Crippen molar-refractivity contribution in [2.24, 2.45) is 5.73 Å². The summed E-state index contributed by atoms with van der Waals surface area (Å²) in [5.41, 5.74) is 7.21. The van der Waals surface area contributed by atoms with E-state index in [1.54, 1.807) is 12.1 Å². The summed E-state index contributed by atoms with van der Waals surface area (Å²) in [5.74, 6) is -2.27. The number of carboxylic acids is 1. The zero-order valence-electron chi connectivity index (χ0n) is 11.5. The second kappa shape index (κ2) is 6.70. The number of nitrogens with one attached hydrogen (secondary N) is 1. The fourth-order valence-corrected chi connectivity index (χ4v) is 1.89. The summed E-state index contributed by atoms with van der Waals surface area (Å²) in [7, 11) is 0. The van der Waals surface area contributed by atoms with Crippen LogP contribution in [0.3, 0.4) is 0 Å². The Morgan fingerprint density at radius 2 is 1.75 bits per heavy atom. The topological polar surface area (TPSA) is 109 Å². The summed E-state index contributed by atoms with van der Waals surface area (Å²) in [4.78, 5) is 33.8. The van der Waals surface area contributed by atoms with E-state index in [0.29, 0.717) is 5.56 Å². The molecule has 0 fully saturated rings. The van der Waals surface area contributed by atoms with Gasteiger partial charge >= 0.3 is 5.97 Å². The highest BCUT2D eigenvalue weighted by molar-refractivity contribution is 5.97. The standard InChI is InChI=1S/C14H18N2O4/c1-8-5-9(2)7-10(6-8)13(18)16-11(14(19)20)3-4-12(15)17/h5-7,11H,3-4H2,1-2H3,(H2,15,17)(H,16,18)(H,19,20). The lowest BCUT2D eigenvalue weighted by atomic mass is 10.1. The van der Waals surface area contributed by atoms with Crippen molar-refractivity contribution in [3.63, 3.8) is 0 Å². The van der Waals surface area contributed by atoms with Crippen molar-refractivity contribution in [2.45, 2.75) is 32.7 Å². The van der Waals surface area contributed by atoms with Crippen LogP contribution < -0.4 is 11.1 Å². The summed E-state index contributed by atoms with van der Waals surface area (Å²) >= 11 is 0. The van der Waals surface area contributed by atoms with Gasteiger partial charge in [-0.2, -0.15) is 0 Å². The minimum absolute atomic E-state index is 0.0266. The van der Waals surface area contributed by atoms with Crippen LogP contribution in [-0.2, 0) is 9.59 Å². The van der Waals surface area contributed by atoms with E-state index in [1.165, 1.54) is 0 Å². The van der Waals surface area contributed by atoms with Crippen LogP contribution in [0.4, 0.5) is 0 Å². The number of carboxylic acid groups (broad SMARTS) is 1. The Bertz CT molecular complexity index is 520. The van der Waals surface area contributed by atoms with Gasteiger partial charge < -0.3 is 16.2 Å². The molecule has 108 valence electrons. The monoisotopic (exact) mass is 278 g/mol. The molecule has 0 bridgehead atoms. The first-order valence-electron chi connectivity index (χ1n) is 6.20. The second-order valence-electron chi connectivity index (χ2n) is 4.75. The molecule has 0 spiro atoms. The average Bonchev–Trinajstić information content (AvgIpc) is 2.32. The van der Waals surface area contributed by atoms with Crippen LogP contribution in [0.5, 0.6) is 0 Å². The molecule has 20 heavy (non-hydrogen) atoms. The maximum atomic E-state index is 12.0. The quantitative estimate of drug-likeness (QED) is 0.713. The van der Waals surface area contributed by atoms with E-state index < -0.39 is 23.8 Å². The molecule has 0 heterocycles. The lowest BCUT2D eigenvalue weighted by molar-refractivity contribution is -0.139. The number of primary amides is 1. The third-order valence-corrected chi connectivity index (χ3v) is 2.77. The number of carbonyl (C=O) groups excluding carboxylic acids is 2. The van der Waals surface area contributed by atoms with Crippen LogP contribution in [0, 0.1) is 13.8 Å². The molecule has 0 saturated carbocycles. The third-order valence-electron chi connectivity index (χ3n) is 2.77. The van der Waals surface area contributed by atoms with Crippen LogP contribution in [-0.4, -0.2) is 28.9 Å². The Hall–Kier alpha value is -2.37. The number of benzene rings is 1. The molecule has 4 N–H and O–H groups in total. The van der Waals surface area contributed by atoms with Crippen molar-refractivity contribution >= 4 is 17.8 Å². The highest BCUT2D eigenvalue weighted by atomic mass is 16.4. The SMILES string of the molecule is Cc1cc(C)cc(C(=O)NC(CCC(N)=O)C(=O)O)c1. The molecule has 0 saturated heterocycles. The van der Waals surface area contributed by atoms with Crippen molar-refractivity contribution < 1.29 is 19.5 Å². The minimum Gasteiger partial charge on any atom is -0.480 e. The highest BCUT2D eigenvalue weighted by Crippen LogP contribution is 2.09. The van der Waals surface area contributed by atoms with Crippen molar-refractivity contribution in [3.8, 4) is 0 Å². The largest absolute Gasteiger partial charge is 0.480 e. The van der Waals surface area contributed by atoms with Gasteiger partial charge in [0, 0.05) is 12.0 Å². The number of rotatable bonds is 6. The third kappa shape index (κ3) is 4.72. The molecule has 0 aliphatic rings. The first kappa shape index (κ1) is 15.7. The number of hydrogen-bond acceptors (Lipinski definition) is 3. The van der Waals surface area contributed by atoms with Gasteiger partial charge in [0.1, 0.15) is 6.04 Å². The molecule has 1 aromatic rings. The predicted octanol–water partition coefficient (Wildman–Crippen LogP) is 0.752. The number of amides is 2. The van der Waals surface area contributed by atoms with Crippen molar-refractivity contribution in [3.05, 3.63) is 34.9 Å². The molecule has 0 aliphatic heterocycles. The van der Waals surface area contributed by atoms with E-state index in [4.69, 9.17) is 10.8 Å². The summed E-state index contributed by atoms with van der Waals surface area (Å²) in [5, 5.41) is 11.4. The Labute approximate surface area is 117 Å². The average molecular weight is 278 g/mol. The molecule has 2 amide bonds. The molecule has 0 aromatic heterocycles. The maximum Gasteiger partial charge on any atom is 0.326 e. The smallest absolute Gasteiger partial charge is 0.326 e. The molecule has 1 unspecified atom stereocenters. The molecule has 1 aromatic carbocycles. The van der Waals surface area contributed by atoms with Gasteiger partial charge in [0.25, 0.3) is 5.91 Å². The van der Waals surface area contributed by atoms with E-state index >= 15 is 0 Å². The second-order valence-corrected chi connectivity index (χ2v) is 4.75. The zero-order valence-corrected chi connectivity index (χ0v) is 11.5. The number of aliphatic carboxylic acids is 1. The van der Waals surface area contributed by atoms with Gasteiger partial charge in [-0.3, -0.25) is 9.59 Å². The molecule has 6 heteroatoms. The summed E-state index contributed by atoms with van der Waals surface area (Å²) in [6, 6.07) is 4.14. The van der Waals surface area contributed by atoms with Crippen LogP contribution in [0.25, 0.3) is 0 Å². The lowest BCUT2D eigenvalue weighted by Gasteiger charge is -2.14. The first-order chi connectivity index (χ1) is 9.29. The van der Waals surface area contributed by atoms with Crippen molar-refractivity contribution in [1.82, 2.24) is 5.32 Å². The summed E-state index contributed by atoms with van der Waals surface area (Å²) < 4.78 is 0. The Balaban J connectivity index is 2.79. The normalized spacial score (nSPS) is 11.7. The fourth-order valence-electron chi connectivity index (χ4n) is 1.89. The number of hydrogen-bond donors (Lipinski definition) is 3. The lowest BCUT2D eigenvalue weighted by Crippen LogP contribution is -2.41. The van der Waals surface area contributed by atoms with Crippen LogP contribution in [0.1, 0.15) is 34.3 Å². The van der Waals surface area contributed by atoms with Gasteiger partial charge in [-0.25, -0.2) is 4.79 Å². The molecule has 0 radical (unpaired) electrons. The van der Waals surface area contributed by atoms with Crippen LogP contribution >= 0.6 is 0 Å². The van der Waals surface area contributed by atoms with Gasteiger partial charge in [-0.15, -0.1) is 0 Å². The number of nitrogens with two attached hydrogens (primary N) is 1. The van der Waals surface area contributed by atoms with E-state index in [9.17, 15) is 14.4 Å². The predicted molar refractivity (Wildman–Crippen MR) is 73.2 cm³/mol. The molecule has 0 aliphatic carbocycles. The molecule has 6 nitrogen and oxygen atoms in total. The van der Waals surface area contributed by atoms with E-state index in [-0.39, 0.29) is 12.8 Å². The molecular weight excluding hydrogens is 260 g/mol. The highest BCUT2D eigenvalue weighted by Gasteiger charge is 2.21. The Kier molecular flexibility index (Phi) is 5.25. The summed E-state index contributed by atoms with van der Waals surface area (Å²) in [6.45, 7) is 3.71. The van der Waals surface area contributed by atoms with Gasteiger partial charge in [-0.05, 0) is 32.4 Å².